The molecule has 0 aliphatic heterocycles. The van der Waals surface area contributed by atoms with Crippen molar-refractivity contribution in [2.24, 2.45) is 5.73 Å². The molecule has 7 heteroatoms. The molecule has 26 heavy (non-hydrogen) atoms. The van der Waals surface area contributed by atoms with Gasteiger partial charge in [0.1, 0.15) is 11.5 Å². The average molecular weight is 389 g/mol. The number of nitrogens with two attached hydrogens (primary N) is 2. The lowest BCUT2D eigenvalue weighted by molar-refractivity contribution is 0.100. The molecular weight excluding hydrogens is 375 g/mol. The number of primary amides is 1. The van der Waals surface area contributed by atoms with Gasteiger partial charge in [-0.15, -0.1) is 0 Å². The quantitative estimate of drug-likeness (QED) is 0.556. The fourth-order valence-corrected chi connectivity index (χ4v) is 3.00. The number of ether oxygens (including phenoxy) is 1. The molecule has 3 rings (SSSR count). The number of halogens is 2. The zero-order chi connectivity index (χ0) is 18.8. The lowest BCUT2D eigenvalue weighted by atomic mass is 10.0. The Balaban J connectivity index is 1.97. The molecule has 0 heterocycles. The molecule has 1 amide bonds. The number of rotatable bonds is 4. The number of amides is 1. The van der Waals surface area contributed by atoms with Gasteiger partial charge in [-0.25, -0.2) is 0 Å². The molecule has 3 aromatic rings. The van der Waals surface area contributed by atoms with Gasteiger partial charge in [-0.3, -0.25) is 4.79 Å². The summed E-state index contributed by atoms with van der Waals surface area (Å²) in [5.41, 5.74) is 12.9. The molecule has 0 bridgehead atoms. The Labute approximate surface area is 159 Å². The van der Waals surface area contributed by atoms with E-state index >= 15 is 0 Å². The SMILES string of the molecule is NC(=O)c1ccc(-c2cc(Oc3c(Cl)cc(N)cc3Cl)ccc2O)cc1. The highest BCUT2D eigenvalue weighted by atomic mass is 35.5. The molecule has 0 radical (unpaired) electrons. The first-order chi connectivity index (χ1) is 12.3. The monoisotopic (exact) mass is 388 g/mol. The molecule has 0 aliphatic carbocycles. The van der Waals surface area contributed by atoms with Crippen LogP contribution in [0.25, 0.3) is 11.1 Å². The van der Waals surface area contributed by atoms with Gasteiger partial charge in [0.05, 0.1) is 10.0 Å². The largest absolute Gasteiger partial charge is 0.507 e. The number of aromatic hydroxyl groups is 1. The Morgan fingerprint density at radius 3 is 2.15 bits per heavy atom. The van der Waals surface area contributed by atoms with Gasteiger partial charge in [-0.1, -0.05) is 35.3 Å². The number of hydrogen-bond acceptors (Lipinski definition) is 4. The number of nitrogen functional groups attached to an aromatic ring is 1. The molecule has 3 aromatic carbocycles. The minimum Gasteiger partial charge on any atom is -0.507 e. The minimum atomic E-state index is -0.523. The first-order valence-electron chi connectivity index (χ1n) is 7.51. The van der Waals surface area contributed by atoms with Gasteiger partial charge in [-0.05, 0) is 48.0 Å². The molecule has 0 aliphatic rings. The van der Waals surface area contributed by atoms with E-state index in [1.54, 1.807) is 36.4 Å². The number of anilines is 1. The molecule has 0 unspecified atom stereocenters. The van der Waals surface area contributed by atoms with Gasteiger partial charge < -0.3 is 21.3 Å². The van der Waals surface area contributed by atoms with Gasteiger partial charge >= 0.3 is 0 Å². The van der Waals surface area contributed by atoms with E-state index in [-0.39, 0.29) is 21.5 Å². The minimum absolute atomic E-state index is 0.0543. The van der Waals surface area contributed by atoms with Crippen molar-refractivity contribution in [3.05, 3.63) is 70.2 Å². The molecule has 0 fully saturated rings. The van der Waals surface area contributed by atoms with Crippen LogP contribution in [-0.2, 0) is 0 Å². The molecule has 0 spiro atoms. The second kappa shape index (κ2) is 7.15. The van der Waals surface area contributed by atoms with Crippen LogP contribution in [0.4, 0.5) is 5.69 Å². The maximum Gasteiger partial charge on any atom is 0.248 e. The van der Waals surface area contributed by atoms with E-state index in [1.165, 1.54) is 18.2 Å². The highest BCUT2D eigenvalue weighted by molar-refractivity contribution is 6.37. The number of carbonyl (C=O) groups excluding carboxylic acids is 1. The van der Waals surface area contributed by atoms with E-state index in [1.807, 2.05) is 0 Å². The maximum atomic E-state index is 11.2. The van der Waals surface area contributed by atoms with E-state index in [4.69, 9.17) is 39.4 Å². The standard InChI is InChI=1S/C19H14Cl2N2O3/c20-15-7-12(22)8-16(21)18(15)26-13-5-6-17(24)14(9-13)10-1-3-11(4-2-10)19(23)25/h1-9,24H,22H2,(H2,23,25). The number of hydrogen-bond donors (Lipinski definition) is 3. The topological polar surface area (TPSA) is 98.6 Å². The zero-order valence-corrected chi connectivity index (χ0v) is 14.9. The van der Waals surface area contributed by atoms with E-state index in [0.29, 0.717) is 28.1 Å². The van der Waals surface area contributed by atoms with Crippen molar-refractivity contribution in [3.63, 3.8) is 0 Å². The molecule has 0 atom stereocenters. The van der Waals surface area contributed by atoms with Crippen LogP contribution in [0.15, 0.2) is 54.6 Å². The third kappa shape index (κ3) is 3.69. The van der Waals surface area contributed by atoms with Crippen molar-refractivity contribution in [3.8, 4) is 28.4 Å². The lowest BCUT2D eigenvalue weighted by Gasteiger charge is -2.12. The second-order valence-corrected chi connectivity index (χ2v) is 6.35. The molecular formula is C19H14Cl2N2O3. The van der Waals surface area contributed by atoms with E-state index in [9.17, 15) is 9.90 Å². The van der Waals surface area contributed by atoms with Gasteiger partial charge in [0.2, 0.25) is 5.91 Å². The van der Waals surface area contributed by atoms with Crippen LogP contribution >= 0.6 is 23.2 Å². The highest BCUT2D eigenvalue weighted by Gasteiger charge is 2.13. The van der Waals surface area contributed by atoms with Crippen LogP contribution in [0.5, 0.6) is 17.2 Å². The van der Waals surface area contributed by atoms with Crippen molar-refractivity contribution in [1.82, 2.24) is 0 Å². The first kappa shape index (κ1) is 17.9. The number of carbonyl (C=O) groups is 1. The summed E-state index contributed by atoms with van der Waals surface area (Å²) in [6.07, 6.45) is 0. The summed E-state index contributed by atoms with van der Waals surface area (Å²) in [6.45, 7) is 0. The van der Waals surface area contributed by atoms with E-state index < -0.39 is 5.91 Å². The third-order valence-electron chi connectivity index (χ3n) is 3.69. The van der Waals surface area contributed by atoms with Crippen molar-refractivity contribution in [1.29, 1.82) is 0 Å². The van der Waals surface area contributed by atoms with Crippen LogP contribution in [0.2, 0.25) is 10.0 Å². The molecule has 132 valence electrons. The Bertz CT molecular complexity index is 966. The Hall–Kier alpha value is -2.89. The fraction of sp³-hybridized carbons (Fsp3) is 0. The summed E-state index contributed by atoms with van der Waals surface area (Å²) in [5, 5.41) is 10.7. The summed E-state index contributed by atoms with van der Waals surface area (Å²) in [4.78, 5) is 11.2. The second-order valence-electron chi connectivity index (χ2n) is 5.54. The predicted octanol–water partition coefficient (Wildman–Crippen LogP) is 4.84. The zero-order valence-electron chi connectivity index (χ0n) is 13.4. The molecule has 5 N–H and O–H groups in total. The van der Waals surface area contributed by atoms with Gasteiger partial charge in [0.15, 0.2) is 5.75 Å². The van der Waals surface area contributed by atoms with Gasteiger partial charge in [0.25, 0.3) is 0 Å². The Morgan fingerprint density at radius 1 is 0.962 bits per heavy atom. The summed E-state index contributed by atoms with van der Waals surface area (Å²) < 4.78 is 5.77. The first-order valence-corrected chi connectivity index (χ1v) is 8.26. The smallest absolute Gasteiger partial charge is 0.248 e. The summed E-state index contributed by atoms with van der Waals surface area (Å²) in [5.74, 6) is 0.220. The van der Waals surface area contributed by atoms with Crippen LogP contribution in [0, 0.1) is 0 Å². The van der Waals surface area contributed by atoms with Gasteiger partial charge in [0, 0.05) is 16.8 Å². The number of phenolic OH excluding ortho intramolecular Hbond substituents is 1. The predicted molar refractivity (Wildman–Crippen MR) is 103 cm³/mol. The molecule has 0 aromatic heterocycles. The van der Waals surface area contributed by atoms with Crippen LogP contribution in [0.1, 0.15) is 10.4 Å². The Morgan fingerprint density at radius 2 is 1.58 bits per heavy atom. The highest BCUT2D eigenvalue weighted by Crippen LogP contribution is 2.40. The fourth-order valence-electron chi connectivity index (χ4n) is 2.42. The van der Waals surface area contributed by atoms with E-state index in [2.05, 4.69) is 0 Å². The summed E-state index contributed by atoms with van der Waals surface area (Å²) in [6, 6.07) is 14.3. The number of phenols is 1. The van der Waals surface area contributed by atoms with Crippen molar-refractivity contribution in [2.45, 2.75) is 0 Å². The van der Waals surface area contributed by atoms with E-state index in [0.717, 1.165) is 0 Å². The van der Waals surface area contributed by atoms with Crippen molar-refractivity contribution in [2.75, 3.05) is 5.73 Å². The molecule has 0 saturated heterocycles. The van der Waals surface area contributed by atoms with Crippen molar-refractivity contribution < 1.29 is 14.6 Å². The third-order valence-corrected chi connectivity index (χ3v) is 4.25. The molecule has 0 saturated carbocycles. The summed E-state index contributed by atoms with van der Waals surface area (Å²) >= 11 is 12.3. The average Bonchev–Trinajstić information content (AvgIpc) is 2.59. The van der Waals surface area contributed by atoms with Crippen LogP contribution < -0.4 is 16.2 Å². The van der Waals surface area contributed by atoms with Crippen molar-refractivity contribution >= 4 is 34.8 Å². The van der Waals surface area contributed by atoms with Gasteiger partial charge in [-0.2, -0.15) is 0 Å². The number of benzene rings is 3. The van der Waals surface area contributed by atoms with Crippen LogP contribution in [0.3, 0.4) is 0 Å². The normalized spacial score (nSPS) is 10.5. The molecule has 5 nitrogen and oxygen atoms in total. The van der Waals surface area contributed by atoms with Crippen LogP contribution in [-0.4, -0.2) is 11.0 Å². The summed E-state index contributed by atoms with van der Waals surface area (Å²) in [7, 11) is 0. The lowest BCUT2D eigenvalue weighted by Crippen LogP contribution is -2.10. The Kier molecular flexibility index (Phi) is 4.93. The maximum absolute atomic E-state index is 11.2.